The summed E-state index contributed by atoms with van der Waals surface area (Å²) >= 11 is 0. The van der Waals surface area contributed by atoms with Crippen LogP contribution >= 0.6 is 0 Å². The van der Waals surface area contributed by atoms with E-state index < -0.39 is 0 Å². The van der Waals surface area contributed by atoms with E-state index in [0.717, 1.165) is 22.9 Å². The van der Waals surface area contributed by atoms with Gasteiger partial charge in [-0.05, 0) is 37.3 Å². The van der Waals surface area contributed by atoms with Crippen molar-refractivity contribution >= 4 is 0 Å². The zero-order chi connectivity index (χ0) is 13.1. The topological polar surface area (TPSA) is 27.1 Å². The molecular formula is C16H14N2O. The van der Waals surface area contributed by atoms with Crippen molar-refractivity contribution in [3.8, 4) is 17.2 Å². The second kappa shape index (κ2) is 4.98. The summed E-state index contributed by atoms with van der Waals surface area (Å²) < 4.78 is 7.65. The Hall–Kier alpha value is -2.55. The highest BCUT2D eigenvalue weighted by molar-refractivity contribution is 5.40. The standard InChI is InChI=1S/C16H14N2O/c1-13-10-11-18(17-13)14-6-5-9-16(12-14)19-15-7-3-2-4-8-15/h2-12H,1H3. The maximum absolute atomic E-state index is 5.81. The Labute approximate surface area is 112 Å². The molecule has 94 valence electrons. The fourth-order valence-electron chi connectivity index (χ4n) is 1.87. The number of hydrogen-bond donors (Lipinski definition) is 0. The minimum Gasteiger partial charge on any atom is -0.457 e. The van der Waals surface area contributed by atoms with Crippen molar-refractivity contribution < 1.29 is 4.74 Å². The van der Waals surface area contributed by atoms with Gasteiger partial charge in [-0.25, -0.2) is 4.68 Å². The normalized spacial score (nSPS) is 10.4. The van der Waals surface area contributed by atoms with E-state index in [2.05, 4.69) is 5.10 Å². The van der Waals surface area contributed by atoms with Gasteiger partial charge >= 0.3 is 0 Å². The van der Waals surface area contributed by atoms with Crippen molar-refractivity contribution in [1.82, 2.24) is 9.78 Å². The first-order valence-corrected chi connectivity index (χ1v) is 6.17. The quantitative estimate of drug-likeness (QED) is 0.703. The number of rotatable bonds is 3. The van der Waals surface area contributed by atoms with Gasteiger partial charge in [0, 0.05) is 12.3 Å². The van der Waals surface area contributed by atoms with Gasteiger partial charge in [0.2, 0.25) is 0 Å². The van der Waals surface area contributed by atoms with Crippen LogP contribution in [0.4, 0.5) is 0 Å². The number of nitrogens with zero attached hydrogens (tertiary/aromatic N) is 2. The average Bonchev–Trinajstić information content (AvgIpc) is 2.87. The van der Waals surface area contributed by atoms with Crippen LogP contribution in [-0.4, -0.2) is 9.78 Å². The van der Waals surface area contributed by atoms with Crippen LogP contribution < -0.4 is 4.74 Å². The summed E-state index contributed by atoms with van der Waals surface area (Å²) in [5.41, 5.74) is 1.98. The van der Waals surface area contributed by atoms with Gasteiger partial charge in [0.05, 0.1) is 11.4 Å². The fraction of sp³-hybridized carbons (Fsp3) is 0.0625. The van der Waals surface area contributed by atoms with Crippen LogP contribution in [0.15, 0.2) is 66.9 Å². The van der Waals surface area contributed by atoms with E-state index >= 15 is 0 Å². The van der Waals surface area contributed by atoms with E-state index in [4.69, 9.17) is 4.74 Å². The van der Waals surface area contributed by atoms with Crippen LogP contribution in [0.5, 0.6) is 11.5 Å². The van der Waals surface area contributed by atoms with Crippen LogP contribution in [-0.2, 0) is 0 Å². The van der Waals surface area contributed by atoms with E-state index in [1.807, 2.05) is 78.5 Å². The molecule has 0 atom stereocenters. The minimum absolute atomic E-state index is 0.803. The van der Waals surface area contributed by atoms with Crippen LogP contribution in [0.2, 0.25) is 0 Å². The van der Waals surface area contributed by atoms with Crippen LogP contribution in [0.25, 0.3) is 5.69 Å². The molecule has 0 saturated heterocycles. The molecule has 0 radical (unpaired) electrons. The zero-order valence-corrected chi connectivity index (χ0v) is 10.7. The predicted molar refractivity (Wildman–Crippen MR) is 74.8 cm³/mol. The minimum atomic E-state index is 0.803. The third-order valence-corrected chi connectivity index (χ3v) is 2.78. The SMILES string of the molecule is Cc1ccn(-c2cccc(Oc3ccccc3)c2)n1. The van der Waals surface area contributed by atoms with Gasteiger partial charge < -0.3 is 4.74 Å². The lowest BCUT2D eigenvalue weighted by molar-refractivity contribution is 0.482. The van der Waals surface area contributed by atoms with Crippen molar-refractivity contribution in [1.29, 1.82) is 0 Å². The van der Waals surface area contributed by atoms with Gasteiger partial charge in [-0.3, -0.25) is 0 Å². The van der Waals surface area contributed by atoms with E-state index in [1.54, 1.807) is 0 Å². The number of hydrogen-bond acceptors (Lipinski definition) is 2. The first kappa shape index (κ1) is 11.5. The highest BCUT2D eigenvalue weighted by Crippen LogP contribution is 2.23. The number of aromatic nitrogens is 2. The molecule has 0 aliphatic carbocycles. The monoisotopic (exact) mass is 250 g/mol. The molecule has 0 aliphatic rings. The van der Waals surface area contributed by atoms with Crippen molar-refractivity contribution in [3.63, 3.8) is 0 Å². The largest absolute Gasteiger partial charge is 0.457 e. The first-order valence-electron chi connectivity index (χ1n) is 6.17. The van der Waals surface area contributed by atoms with E-state index in [0.29, 0.717) is 0 Å². The Morgan fingerprint density at radius 3 is 2.42 bits per heavy atom. The third-order valence-electron chi connectivity index (χ3n) is 2.78. The van der Waals surface area contributed by atoms with Gasteiger partial charge in [-0.1, -0.05) is 24.3 Å². The molecule has 0 bridgehead atoms. The van der Waals surface area contributed by atoms with E-state index in [9.17, 15) is 0 Å². The molecule has 0 amide bonds. The first-order chi connectivity index (χ1) is 9.31. The number of ether oxygens (including phenoxy) is 1. The molecule has 0 N–H and O–H groups in total. The van der Waals surface area contributed by atoms with Crippen LogP contribution in [0, 0.1) is 6.92 Å². The average molecular weight is 250 g/mol. The number of aryl methyl sites for hydroxylation is 1. The molecule has 2 aromatic carbocycles. The van der Waals surface area contributed by atoms with Gasteiger partial charge in [-0.15, -0.1) is 0 Å². The third kappa shape index (κ3) is 2.65. The molecule has 3 rings (SSSR count). The molecule has 0 fully saturated rings. The summed E-state index contributed by atoms with van der Waals surface area (Å²) in [6.07, 6.45) is 1.94. The molecule has 3 aromatic rings. The summed E-state index contributed by atoms with van der Waals surface area (Å²) in [5.74, 6) is 1.63. The fourth-order valence-corrected chi connectivity index (χ4v) is 1.87. The van der Waals surface area contributed by atoms with Gasteiger partial charge in [0.25, 0.3) is 0 Å². The van der Waals surface area contributed by atoms with Crippen molar-refractivity contribution in [2.45, 2.75) is 6.92 Å². The van der Waals surface area contributed by atoms with Gasteiger partial charge in [0.1, 0.15) is 11.5 Å². The second-order valence-electron chi connectivity index (χ2n) is 4.31. The molecule has 19 heavy (non-hydrogen) atoms. The summed E-state index contributed by atoms with van der Waals surface area (Å²) in [6, 6.07) is 19.6. The summed E-state index contributed by atoms with van der Waals surface area (Å²) in [5, 5.41) is 4.39. The second-order valence-corrected chi connectivity index (χ2v) is 4.31. The van der Waals surface area contributed by atoms with E-state index in [1.165, 1.54) is 0 Å². The number of para-hydroxylation sites is 1. The van der Waals surface area contributed by atoms with Crippen molar-refractivity contribution in [2.24, 2.45) is 0 Å². The molecule has 0 spiro atoms. The molecule has 0 unspecified atom stereocenters. The molecule has 0 aliphatic heterocycles. The Bertz CT molecular complexity index is 674. The highest BCUT2D eigenvalue weighted by Gasteiger charge is 2.01. The molecule has 3 nitrogen and oxygen atoms in total. The molecule has 1 aromatic heterocycles. The Kier molecular flexibility index (Phi) is 3.02. The summed E-state index contributed by atoms with van der Waals surface area (Å²) in [7, 11) is 0. The maximum Gasteiger partial charge on any atom is 0.129 e. The molecular weight excluding hydrogens is 236 g/mol. The molecule has 1 heterocycles. The van der Waals surface area contributed by atoms with Gasteiger partial charge in [-0.2, -0.15) is 5.10 Å². The highest BCUT2D eigenvalue weighted by atomic mass is 16.5. The Balaban J connectivity index is 1.88. The lowest BCUT2D eigenvalue weighted by Crippen LogP contribution is -1.95. The summed E-state index contributed by atoms with van der Waals surface area (Å²) in [4.78, 5) is 0. The lowest BCUT2D eigenvalue weighted by atomic mass is 10.3. The van der Waals surface area contributed by atoms with Crippen LogP contribution in [0.1, 0.15) is 5.69 Å². The van der Waals surface area contributed by atoms with E-state index in [-0.39, 0.29) is 0 Å². The maximum atomic E-state index is 5.81. The predicted octanol–water partition coefficient (Wildman–Crippen LogP) is 3.97. The lowest BCUT2D eigenvalue weighted by Gasteiger charge is -2.07. The van der Waals surface area contributed by atoms with Gasteiger partial charge in [0.15, 0.2) is 0 Å². The Morgan fingerprint density at radius 2 is 1.68 bits per heavy atom. The smallest absolute Gasteiger partial charge is 0.129 e. The Morgan fingerprint density at radius 1 is 0.895 bits per heavy atom. The number of benzene rings is 2. The van der Waals surface area contributed by atoms with Crippen molar-refractivity contribution in [2.75, 3.05) is 0 Å². The molecule has 0 saturated carbocycles. The van der Waals surface area contributed by atoms with Crippen LogP contribution in [0.3, 0.4) is 0 Å². The van der Waals surface area contributed by atoms with Crippen molar-refractivity contribution in [3.05, 3.63) is 72.6 Å². The zero-order valence-electron chi connectivity index (χ0n) is 10.7. The molecule has 3 heteroatoms. The summed E-state index contributed by atoms with van der Waals surface area (Å²) in [6.45, 7) is 1.97.